The van der Waals surface area contributed by atoms with Crippen molar-refractivity contribution in [2.45, 2.75) is 270 Å². The van der Waals surface area contributed by atoms with Crippen molar-refractivity contribution in [1.82, 2.24) is 5.32 Å². The number of nitrogens with one attached hydrogen (secondary N) is 1. The number of esters is 1. The first-order valence-electron chi connectivity index (χ1n) is 23.3. The third-order valence-corrected chi connectivity index (χ3v) is 10.9. The van der Waals surface area contributed by atoms with E-state index in [-0.39, 0.29) is 18.5 Å². The smallest absolute Gasteiger partial charge is 0.305 e. The van der Waals surface area contributed by atoms with E-state index in [9.17, 15) is 19.8 Å². The first-order chi connectivity index (χ1) is 25.5. The van der Waals surface area contributed by atoms with Crippen molar-refractivity contribution < 1.29 is 24.5 Å². The van der Waals surface area contributed by atoms with E-state index in [1.807, 2.05) is 0 Å². The van der Waals surface area contributed by atoms with Crippen molar-refractivity contribution in [3.63, 3.8) is 0 Å². The Morgan fingerprint density at radius 2 is 0.788 bits per heavy atom. The van der Waals surface area contributed by atoms with Gasteiger partial charge in [-0.1, -0.05) is 219 Å². The van der Waals surface area contributed by atoms with Crippen LogP contribution in [0.2, 0.25) is 0 Å². The Hall–Kier alpha value is -1.14. The van der Waals surface area contributed by atoms with Crippen molar-refractivity contribution in [1.29, 1.82) is 0 Å². The van der Waals surface area contributed by atoms with Gasteiger partial charge in [-0.25, -0.2) is 0 Å². The molecule has 2 unspecified atom stereocenters. The Labute approximate surface area is 324 Å². The maximum Gasteiger partial charge on any atom is 0.305 e. The molecule has 3 N–H and O–H groups in total. The van der Waals surface area contributed by atoms with Gasteiger partial charge in [-0.3, -0.25) is 9.59 Å². The molecule has 0 saturated carbocycles. The molecule has 0 aliphatic heterocycles. The van der Waals surface area contributed by atoms with E-state index < -0.39 is 12.1 Å². The quantitative estimate of drug-likeness (QED) is 0.0428. The second-order valence-corrected chi connectivity index (χ2v) is 16.1. The molecule has 0 radical (unpaired) electrons. The fourth-order valence-electron chi connectivity index (χ4n) is 7.29. The topological polar surface area (TPSA) is 95.9 Å². The van der Waals surface area contributed by atoms with Crippen LogP contribution in [0.25, 0.3) is 0 Å². The predicted molar refractivity (Wildman–Crippen MR) is 223 cm³/mol. The van der Waals surface area contributed by atoms with Crippen LogP contribution in [-0.2, 0) is 14.3 Å². The molecule has 0 aromatic heterocycles. The summed E-state index contributed by atoms with van der Waals surface area (Å²) >= 11 is 0. The van der Waals surface area contributed by atoms with Crippen LogP contribution in [-0.4, -0.2) is 47.4 Å². The van der Waals surface area contributed by atoms with Crippen molar-refractivity contribution in [2.75, 3.05) is 13.2 Å². The molecule has 1 amide bonds. The zero-order chi connectivity index (χ0) is 38.0. The Bertz CT molecular complexity index is 732. The van der Waals surface area contributed by atoms with Gasteiger partial charge in [-0.05, 0) is 25.7 Å². The van der Waals surface area contributed by atoms with Crippen LogP contribution in [0.5, 0.6) is 0 Å². The van der Waals surface area contributed by atoms with Gasteiger partial charge in [-0.15, -0.1) is 0 Å². The number of carbonyl (C=O) groups is 2. The summed E-state index contributed by atoms with van der Waals surface area (Å²) in [7, 11) is 0. The Morgan fingerprint density at radius 3 is 1.17 bits per heavy atom. The van der Waals surface area contributed by atoms with Crippen LogP contribution in [0.4, 0.5) is 0 Å². The number of amides is 1. The van der Waals surface area contributed by atoms with E-state index >= 15 is 0 Å². The molecule has 0 aromatic rings. The van der Waals surface area contributed by atoms with Crippen LogP contribution >= 0.6 is 0 Å². The number of aliphatic hydroxyl groups excluding tert-OH is 2. The fraction of sp³-hybridized carbons (Fsp3) is 0.957. The van der Waals surface area contributed by atoms with E-state index in [2.05, 4.69) is 19.2 Å². The van der Waals surface area contributed by atoms with Gasteiger partial charge in [-0.2, -0.15) is 0 Å². The SMILES string of the molecule is CCCCCCCCCCCCCCCC(=O)OCCCCCCCCCCCCCCCC(=O)NC(CO)C(O)CCCCCCCCCCC. The summed E-state index contributed by atoms with van der Waals surface area (Å²) in [5.41, 5.74) is 0. The highest BCUT2D eigenvalue weighted by molar-refractivity contribution is 5.76. The molecule has 0 rings (SSSR count). The van der Waals surface area contributed by atoms with Gasteiger partial charge < -0.3 is 20.3 Å². The number of hydrogen-bond donors (Lipinski definition) is 3. The lowest BCUT2D eigenvalue weighted by Gasteiger charge is -2.22. The molecule has 2 atom stereocenters. The number of carbonyl (C=O) groups excluding carboxylic acids is 2. The van der Waals surface area contributed by atoms with E-state index in [0.717, 1.165) is 51.4 Å². The summed E-state index contributed by atoms with van der Waals surface area (Å²) in [6.45, 7) is 4.90. The van der Waals surface area contributed by atoms with Gasteiger partial charge in [0.1, 0.15) is 0 Å². The zero-order valence-electron chi connectivity index (χ0n) is 35.1. The van der Waals surface area contributed by atoms with Gasteiger partial charge >= 0.3 is 5.97 Å². The van der Waals surface area contributed by atoms with Gasteiger partial charge in [0.15, 0.2) is 0 Å². The maximum absolute atomic E-state index is 12.4. The molecule has 0 aromatic carbocycles. The number of ether oxygens (including phenoxy) is 1. The van der Waals surface area contributed by atoms with Gasteiger partial charge in [0, 0.05) is 12.8 Å². The minimum Gasteiger partial charge on any atom is -0.466 e. The molecular weight excluding hydrogens is 647 g/mol. The summed E-state index contributed by atoms with van der Waals surface area (Å²) in [5, 5.41) is 23.0. The second kappa shape index (κ2) is 42.6. The number of aliphatic hydroxyl groups is 2. The van der Waals surface area contributed by atoms with E-state index in [0.29, 0.717) is 25.9 Å². The minimum absolute atomic E-state index is 0.00415. The molecule has 52 heavy (non-hydrogen) atoms. The van der Waals surface area contributed by atoms with E-state index in [1.54, 1.807) is 0 Å². The van der Waals surface area contributed by atoms with Crippen molar-refractivity contribution in [3.05, 3.63) is 0 Å². The van der Waals surface area contributed by atoms with Crippen LogP contribution in [0.15, 0.2) is 0 Å². The van der Waals surface area contributed by atoms with E-state index in [1.165, 1.54) is 173 Å². The number of rotatable bonds is 43. The molecule has 0 saturated heterocycles. The van der Waals surface area contributed by atoms with Crippen LogP contribution in [0.1, 0.15) is 258 Å². The van der Waals surface area contributed by atoms with E-state index in [4.69, 9.17) is 4.74 Å². The minimum atomic E-state index is -0.668. The molecule has 310 valence electrons. The zero-order valence-corrected chi connectivity index (χ0v) is 35.1. The van der Waals surface area contributed by atoms with Gasteiger partial charge in [0.25, 0.3) is 0 Å². The molecule has 0 aliphatic carbocycles. The monoisotopic (exact) mass is 738 g/mol. The normalized spacial score (nSPS) is 12.6. The van der Waals surface area contributed by atoms with Crippen molar-refractivity contribution in [3.8, 4) is 0 Å². The summed E-state index contributed by atoms with van der Waals surface area (Å²) < 4.78 is 5.45. The lowest BCUT2D eigenvalue weighted by molar-refractivity contribution is -0.143. The largest absolute Gasteiger partial charge is 0.466 e. The van der Waals surface area contributed by atoms with Crippen LogP contribution in [0, 0.1) is 0 Å². The number of unbranched alkanes of at least 4 members (excludes halogenated alkanes) is 32. The molecule has 0 bridgehead atoms. The molecule has 0 fully saturated rings. The summed E-state index contributed by atoms with van der Waals surface area (Å²) in [4.78, 5) is 24.3. The van der Waals surface area contributed by atoms with Crippen molar-refractivity contribution >= 4 is 11.9 Å². The third-order valence-electron chi connectivity index (χ3n) is 10.9. The molecule has 0 heterocycles. The fourth-order valence-corrected chi connectivity index (χ4v) is 7.29. The molecule has 6 nitrogen and oxygen atoms in total. The van der Waals surface area contributed by atoms with Crippen molar-refractivity contribution in [2.24, 2.45) is 0 Å². The maximum atomic E-state index is 12.4. The number of hydrogen-bond acceptors (Lipinski definition) is 5. The lowest BCUT2D eigenvalue weighted by atomic mass is 10.0. The lowest BCUT2D eigenvalue weighted by Crippen LogP contribution is -2.45. The average Bonchev–Trinajstić information content (AvgIpc) is 3.14. The summed E-state index contributed by atoms with van der Waals surface area (Å²) in [5.74, 6) is -0.0538. The molecule has 0 aliphatic rings. The molecular formula is C46H91NO5. The van der Waals surface area contributed by atoms with Gasteiger partial charge in [0.05, 0.1) is 25.4 Å². The molecule has 6 heteroatoms. The second-order valence-electron chi connectivity index (χ2n) is 16.1. The first kappa shape index (κ1) is 50.9. The summed E-state index contributed by atoms with van der Waals surface area (Å²) in [6, 6.07) is -0.547. The predicted octanol–water partition coefficient (Wildman–Crippen LogP) is 13.2. The highest BCUT2D eigenvalue weighted by Crippen LogP contribution is 2.16. The van der Waals surface area contributed by atoms with Crippen LogP contribution < -0.4 is 5.32 Å². The van der Waals surface area contributed by atoms with Gasteiger partial charge in [0.2, 0.25) is 5.91 Å². The highest BCUT2D eigenvalue weighted by atomic mass is 16.5. The Kier molecular flexibility index (Phi) is 41.7. The highest BCUT2D eigenvalue weighted by Gasteiger charge is 2.20. The average molecular weight is 738 g/mol. The third kappa shape index (κ3) is 38.6. The molecule has 0 spiro atoms. The first-order valence-corrected chi connectivity index (χ1v) is 23.3. The summed E-state index contributed by atoms with van der Waals surface area (Å²) in [6.07, 6.45) is 44.9. The Morgan fingerprint density at radius 1 is 0.462 bits per heavy atom. The standard InChI is InChI=1S/C46H91NO5/c1-3-5-7-9-11-13-14-16-20-24-28-32-36-40-46(51)52-41-37-33-29-25-21-18-15-17-19-23-27-31-35-39-45(50)47-43(42-48)44(49)38-34-30-26-22-12-10-8-6-4-2/h43-44,48-49H,3-42H2,1-2H3,(H,47,50). The Balaban J connectivity index is 3.41. The van der Waals surface area contributed by atoms with Crippen LogP contribution in [0.3, 0.4) is 0 Å².